The van der Waals surface area contributed by atoms with Crippen LogP contribution in [-0.4, -0.2) is 36.7 Å². The molecule has 0 saturated heterocycles. The van der Waals surface area contributed by atoms with Gasteiger partial charge >= 0.3 is 6.09 Å². The minimum absolute atomic E-state index is 0.124. The van der Waals surface area contributed by atoms with Crippen molar-refractivity contribution in [2.75, 3.05) is 13.1 Å². The zero-order valence-corrected chi connectivity index (χ0v) is 18.9. The fourth-order valence-corrected chi connectivity index (χ4v) is 4.82. The van der Waals surface area contributed by atoms with Crippen LogP contribution < -0.4 is 16.4 Å². The highest BCUT2D eigenvalue weighted by atomic mass is 19.1. The first-order valence-corrected chi connectivity index (χ1v) is 11.2. The monoisotopic (exact) mass is 433 g/mol. The quantitative estimate of drug-likeness (QED) is 0.612. The molecule has 0 spiro atoms. The van der Waals surface area contributed by atoms with E-state index in [1.807, 2.05) is 20.8 Å². The van der Waals surface area contributed by atoms with Crippen LogP contribution in [-0.2, 0) is 16.0 Å². The third kappa shape index (κ3) is 6.42. The van der Waals surface area contributed by atoms with Crippen molar-refractivity contribution in [1.29, 1.82) is 0 Å². The largest absolute Gasteiger partial charge is 0.444 e. The zero-order valence-electron chi connectivity index (χ0n) is 18.9. The number of nitrogens with two attached hydrogens (primary N) is 1. The molecule has 3 aliphatic carbocycles. The van der Waals surface area contributed by atoms with E-state index in [-0.39, 0.29) is 28.6 Å². The van der Waals surface area contributed by atoms with E-state index in [0.29, 0.717) is 19.5 Å². The lowest BCUT2D eigenvalue weighted by Gasteiger charge is -2.53. The summed E-state index contributed by atoms with van der Waals surface area (Å²) in [5, 5.41) is 6.02. The molecule has 0 heterocycles. The van der Waals surface area contributed by atoms with Gasteiger partial charge in [0.25, 0.3) is 0 Å². The van der Waals surface area contributed by atoms with Gasteiger partial charge in [-0.25, -0.2) is 9.18 Å². The molecule has 1 aromatic rings. The molecule has 2 bridgehead atoms. The summed E-state index contributed by atoms with van der Waals surface area (Å²) in [6, 6.07) is 5.44. The van der Waals surface area contributed by atoms with Crippen molar-refractivity contribution in [1.82, 2.24) is 10.6 Å². The minimum Gasteiger partial charge on any atom is -0.444 e. The SMILES string of the molecule is CC(C)(C)OC(=O)NCC12CCC(CNC(=O)[C@@H](N)Cc3ccc(F)cc3)(CC1)CC2. The van der Waals surface area contributed by atoms with Gasteiger partial charge in [0.15, 0.2) is 0 Å². The Kier molecular flexibility index (Phi) is 6.94. The third-order valence-corrected chi connectivity index (χ3v) is 6.91. The van der Waals surface area contributed by atoms with Crippen molar-refractivity contribution < 1.29 is 18.7 Å². The van der Waals surface area contributed by atoms with E-state index in [1.165, 1.54) is 12.1 Å². The Bertz CT molecular complexity index is 764. The number of nitrogens with one attached hydrogen (secondary N) is 2. The highest BCUT2D eigenvalue weighted by Gasteiger charge is 2.48. The van der Waals surface area contributed by atoms with E-state index in [1.54, 1.807) is 12.1 Å². The molecule has 0 unspecified atom stereocenters. The van der Waals surface area contributed by atoms with Gasteiger partial charge in [0.1, 0.15) is 11.4 Å². The van der Waals surface area contributed by atoms with E-state index in [2.05, 4.69) is 10.6 Å². The van der Waals surface area contributed by atoms with Gasteiger partial charge in [0, 0.05) is 13.1 Å². The molecule has 4 rings (SSSR count). The molecule has 172 valence electrons. The summed E-state index contributed by atoms with van der Waals surface area (Å²) in [6.07, 6.45) is 6.27. The van der Waals surface area contributed by atoms with Gasteiger partial charge in [-0.15, -0.1) is 0 Å². The summed E-state index contributed by atoms with van der Waals surface area (Å²) < 4.78 is 18.4. The van der Waals surface area contributed by atoms with Crippen LogP contribution in [0.15, 0.2) is 24.3 Å². The first-order chi connectivity index (χ1) is 14.5. The maximum atomic E-state index is 13.0. The van der Waals surface area contributed by atoms with Crippen LogP contribution in [0, 0.1) is 16.6 Å². The number of ether oxygens (including phenoxy) is 1. The molecular weight excluding hydrogens is 397 g/mol. The number of carbonyl (C=O) groups is 2. The Morgan fingerprint density at radius 2 is 1.48 bits per heavy atom. The average molecular weight is 434 g/mol. The van der Waals surface area contributed by atoms with Gasteiger partial charge < -0.3 is 21.1 Å². The van der Waals surface area contributed by atoms with Crippen molar-refractivity contribution in [3.05, 3.63) is 35.6 Å². The first-order valence-electron chi connectivity index (χ1n) is 11.2. The Labute approximate surface area is 184 Å². The maximum Gasteiger partial charge on any atom is 0.407 e. The summed E-state index contributed by atoms with van der Waals surface area (Å²) >= 11 is 0. The summed E-state index contributed by atoms with van der Waals surface area (Å²) in [4.78, 5) is 24.5. The van der Waals surface area contributed by atoms with Gasteiger partial charge in [-0.2, -0.15) is 0 Å². The molecular formula is C24H36FN3O3. The van der Waals surface area contributed by atoms with Crippen molar-refractivity contribution in [2.45, 2.75) is 77.4 Å². The molecule has 2 amide bonds. The zero-order chi connectivity index (χ0) is 22.7. The second kappa shape index (κ2) is 9.15. The Morgan fingerprint density at radius 3 is 1.97 bits per heavy atom. The van der Waals surface area contributed by atoms with Gasteiger partial charge in [-0.1, -0.05) is 12.1 Å². The predicted molar refractivity (Wildman–Crippen MR) is 118 cm³/mol. The van der Waals surface area contributed by atoms with Gasteiger partial charge in [0.05, 0.1) is 6.04 Å². The van der Waals surface area contributed by atoms with Crippen molar-refractivity contribution in [2.24, 2.45) is 16.6 Å². The van der Waals surface area contributed by atoms with Crippen molar-refractivity contribution >= 4 is 12.0 Å². The van der Waals surface area contributed by atoms with Crippen LogP contribution >= 0.6 is 0 Å². The van der Waals surface area contributed by atoms with Gasteiger partial charge in [-0.05, 0) is 94.2 Å². The summed E-state index contributed by atoms with van der Waals surface area (Å²) in [7, 11) is 0. The molecule has 1 aromatic carbocycles. The van der Waals surface area contributed by atoms with E-state index in [0.717, 1.165) is 44.1 Å². The second-order valence-corrected chi connectivity index (χ2v) is 10.5. The van der Waals surface area contributed by atoms with Crippen LogP contribution in [0.25, 0.3) is 0 Å². The number of rotatable bonds is 7. The number of fused-ring (bicyclic) bond motifs is 3. The number of alkyl carbamates (subject to hydrolysis) is 1. The first kappa shape index (κ1) is 23.5. The number of carbonyl (C=O) groups excluding carboxylic acids is 2. The standard InChI is InChI=1S/C24H36FN3O3/c1-22(2,3)31-21(30)28-16-24-11-8-23(9-12-24,10-13-24)15-27-20(29)19(26)14-17-4-6-18(25)7-5-17/h4-7,19H,8-16,26H2,1-3H3,(H,27,29)(H,28,30)/t19-,23?,24?/m0/s1. The number of hydrogen-bond donors (Lipinski definition) is 3. The number of amides is 2. The van der Waals surface area contributed by atoms with Crippen LogP contribution in [0.1, 0.15) is 64.9 Å². The van der Waals surface area contributed by atoms with Gasteiger partial charge in [0.2, 0.25) is 5.91 Å². The van der Waals surface area contributed by atoms with Crippen LogP contribution in [0.3, 0.4) is 0 Å². The summed E-state index contributed by atoms with van der Waals surface area (Å²) in [6.45, 7) is 6.87. The molecule has 4 N–H and O–H groups in total. The lowest BCUT2D eigenvalue weighted by Crippen LogP contribution is -2.53. The van der Waals surface area contributed by atoms with Gasteiger partial charge in [-0.3, -0.25) is 4.79 Å². The molecule has 0 aliphatic heterocycles. The van der Waals surface area contributed by atoms with Crippen molar-refractivity contribution in [3.63, 3.8) is 0 Å². The lowest BCUT2D eigenvalue weighted by atomic mass is 9.53. The van der Waals surface area contributed by atoms with Crippen LogP contribution in [0.5, 0.6) is 0 Å². The number of hydrogen-bond acceptors (Lipinski definition) is 4. The lowest BCUT2D eigenvalue weighted by molar-refractivity contribution is -0.123. The maximum absolute atomic E-state index is 13.0. The fourth-order valence-electron chi connectivity index (χ4n) is 4.82. The number of halogens is 1. The predicted octanol–water partition coefficient (Wildman–Crippen LogP) is 3.68. The summed E-state index contributed by atoms with van der Waals surface area (Å²) in [5.74, 6) is -0.458. The average Bonchev–Trinajstić information content (AvgIpc) is 2.72. The minimum atomic E-state index is -0.647. The highest BCUT2D eigenvalue weighted by Crippen LogP contribution is 2.56. The fraction of sp³-hybridized carbons (Fsp3) is 0.667. The van der Waals surface area contributed by atoms with Crippen LogP contribution in [0.4, 0.5) is 9.18 Å². The molecule has 1 atom stereocenters. The summed E-state index contributed by atoms with van der Waals surface area (Å²) in [5.41, 5.74) is 6.69. The Balaban J connectivity index is 1.43. The molecule has 0 radical (unpaired) electrons. The topological polar surface area (TPSA) is 93.5 Å². The number of benzene rings is 1. The molecule has 3 aliphatic rings. The highest BCUT2D eigenvalue weighted by molar-refractivity contribution is 5.81. The normalized spacial score (nSPS) is 26.2. The van der Waals surface area contributed by atoms with Crippen molar-refractivity contribution in [3.8, 4) is 0 Å². The smallest absolute Gasteiger partial charge is 0.407 e. The van der Waals surface area contributed by atoms with Crippen LogP contribution in [0.2, 0.25) is 0 Å². The Morgan fingerprint density at radius 1 is 1.00 bits per heavy atom. The third-order valence-electron chi connectivity index (χ3n) is 6.91. The Hall–Kier alpha value is -2.15. The molecule has 3 saturated carbocycles. The molecule has 31 heavy (non-hydrogen) atoms. The van der Waals surface area contributed by atoms with E-state index in [4.69, 9.17) is 10.5 Å². The van der Waals surface area contributed by atoms with E-state index >= 15 is 0 Å². The van der Waals surface area contributed by atoms with E-state index < -0.39 is 11.6 Å². The molecule has 0 aromatic heterocycles. The van der Waals surface area contributed by atoms with E-state index in [9.17, 15) is 14.0 Å². The molecule has 3 fully saturated rings. The molecule has 6 nitrogen and oxygen atoms in total. The molecule has 7 heteroatoms. The second-order valence-electron chi connectivity index (χ2n) is 10.5.